The first-order valence-electron chi connectivity index (χ1n) is 10.5. The Morgan fingerprint density at radius 2 is 1.55 bits per heavy atom. The Morgan fingerprint density at radius 3 is 2.21 bits per heavy atom. The molecule has 7 heteroatoms. The molecule has 0 saturated carbocycles. The number of hydrogen-bond acceptors (Lipinski definition) is 6. The summed E-state index contributed by atoms with van der Waals surface area (Å²) in [5.41, 5.74) is 3.15. The van der Waals surface area contributed by atoms with Crippen LogP contribution >= 0.6 is 0 Å². The zero-order chi connectivity index (χ0) is 23.4. The number of methoxy groups -OCH3 is 2. The molecule has 2 amide bonds. The average molecular weight is 444 g/mol. The summed E-state index contributed by atoms with van der Waals surface area (Å²) in [5, 5.41) is 0. The molecule has 0 atom stereocenters. The number of benzene rings is 2. The fraction of sp³-hybridized carbons (Fsp3) is 0.192. The molecule has 0 N–H and O–H groups in total. The molecular weight excluding hydrogens is 418 g/mol. The molecule has 1 aliphatic heterocycles. The van der Waals surface area contributed by atoms with Crippen molar-refractivity contribution in [3.8, 4) is 11.5 Å². The fourth-order valence-corrected chi connectivity index (χ4v) is 3.92. The zero-order valence-electron chi connectivity index (χ0n) is 18.8. The summed E-state index contributed by atoms with van der Waals surface area (Å²) >= 11 is 0. The van der Waals surface area contributed by atoms with Crippen molar-refractivity contribution in [2.45, 2.75) is 13.1 Å². The summed E-state index contributed by atoms with van der Waals surface area (Å²) in [5.74, 6) is 0.353. The lowest BCUT2D eigenvalue weighted by Crippen LogP contribution is -2.33. The lowest BCUT2D eigenvalue weighted by Gasteiger charge is -2.21. The van der Waals surface area contributed by atoms with Crippen LogP contribution in [-0.4, -0.2) is 47.9 Å². The van der Waals surface area contributed by atoms with Gasteiger partial charge in [0, 0.05) is 26.0 Å². The Kier molecular flexibility index (Phi) is 6.40. The van der Waals surface area contributed by atoms with Gasteiger partial charge in [0.25, 0.3) is 11.8 Å². The van der Waals surface area contributed by atoms with Crippen molar-refractivity contribution < 1.29 is 19.1 Å². The van der Waals surface area contributed by atoms with Crippen LogP contribution in [0.25, 0.3) is 5.57 Å². The minimum atomic E-state index is -0.348. The van der Waals surface area contributed by atoms with Gasteiger partial charge in [-0.2, -0.15) is 0 Å². The molecule has 0 bridgehead atoms. The molecule has 33 heavy (non-hydrogen) atoms. The van der Waals surface area contributed by atoms with Crippen LogP contribution < -0.4 is 9.47 Å². The predicted octanol–water partition coefficient (Wildman–Crippen LogP) is 3.51. The summed E-state index contributed by atoms with van der Waals surface area (Å²) in [6.45, 7) is 0.648. The average Bonchev–Trinajstić information content (AvgIpc) is 3.09. The van der Waals surface area contributed by atoms with Crippen LogP contribution in [0.15, 0.2) is 78.8 Å². The van der Waals surface area contributed by atoms with Gasteiger partial charge >= 0.3 is 0 Å². The van der Waals surface area contributed by atoms with Gasteiger partial charge in [0.15, 0.2) is 11.5 Å². The zero-order valence-corrected chi connectivity index (χ0v) is 18.8. The topological polar surface area (TPSA) is 72.0 Å². The number of nitrogens with zero attached hydrogens (tertiary/aromatic N) is 3. The third kappa shape index (κ3) is 4.43. The lowest BCUT2D eigenvalue weighted by molar-refractivity contribution is -0.138. The first-order chi connectivity index (χ1) is 16.0. The molecule has 4 rings (SSSR count). The molecule has 168 valence electrons. The van der Waals surface area contributed by atoms with E-state index in [0.29, 0.717) is 34.9 Å². The second-order valence-electron chi connectivity index (χ2n) is 7.69. The van der Waals surface area contributed by atoms with E-state index in [0.717, 1.165) is 11.1 Å². The van der Waals surface area contributed by atoms with Crippen LogP contribution in [0.5, 0.6) is 11.5 Å². The van der Waals surface area contributed by atoms with Crippen molar-refractivity contribution in [2.75, 3.05) is 21.3 Å². The number of pyridine rings is 1. The summed E-state index contributed by atoms with van der Waals surface area (Å²) in [6.07, 6.45) is 3.29. The second-order valence-corrected chi connectivity index (χ2v) is 7.69. The van der Waals surface area contributed by atoms with Crippen LogP contribution in [0.1, 0.15) is 16.7 Å². The number of amides is 2. The van der Waals surface area contributed by atoms with E-state index in [2.05, 4.69) is 4.98 Å². The molecule has 0 radical (unpaired) electrons. The molecule has 0 aliphatic carbocycles. The van der Waals surface area contributed by atoms with Crippen molar-refractivity contribution in [1.29, 1.82) is 0 Å². The van der Waals surface area contributed by atoms with Gasteiger partial charge in [-0.1, -0.05) is 36.4 Å². The quantitative estimate of drug-likeness (QED) is 0.496. The van der Waals surface area contributed by atoms with E-state index in [1.807, 2.05) is 42.3 Å². The molecule has 2 heterocycles. The molecule has 7 nitrogen and oxygen atoms in total. The molecular formula is C26H25N3O4. The van der Waals surface area contributed by atoms with Crippen LogP contribution in [0.3, 0.4) is 0 Å². The fourth-order valence-electron chi connectivity index (χ4n) is 3.92. The van der Waals surface area contributed by atoms with Crippen LogP contribution in [0.4, 0.5) is 0 Å². The highest BCUT2D eigenvalue weighted by Crippen LogP contribution is 2.37. The Balaban J connectivity index is 1.77. The molecule has 0 fully saturated rings. The number of likely N-dealkylation sites (N-methyl/N-ethyl adjacent to an activating group) is 1. The normalized spacial score (nSPS) is 13.5. The first kappa shape index (κ1) is 22.1. The molecule has 1 aromatic heterocycles. The maximum Gasteiger partial charge on any atom is 0.278 e. The van der Waals surface area contributed by atoms with Gasteiger partial charge in [0.05, 0.1) is 26.3 Å². The van der Waals surface area contributed by atoms with Crippen LogP contribution in [0.2, 0.25) is 0 Å². The van der Waals surface area contributed by atoms with Gasteiger partial charge in [-0.15, -0.1) is 0 Å². The van der Waals surface area contributed by atoms with Crippen molar-refractivity contribution in [2.24, 2.45) is 0 Å². The second kappa shape index (κ2) is 9.56. The predicted molar refractivity (Wildman–Crippen MR) is 124 cm³/mol. The van der Waals surface area contributed by atoms with E-state index in [-0.39, 0.29) is 18.4 Å². The number of carbonyl (C=O) groups excluding carboxylic acids is 2. The standard InChI is InChI=1S/C26H25N3O4/c1-28(16-18-7-5-4-6-8-18)24-23(20-9-10-21(32-2)22(15-20)33-3)25(30)29(26(24)31)17-19-11-13-27-14-12-19/h4-15H,16-17H2,1-3H3. The molecule has 1 aliphatic rings. The Hall–Kier alpha value is -4.13. The Bertz CT molecular complexity index is 1190. The summed E-state index contributed by atoms with van der Waals surface area (Å²) < 4.78 is 10.8. The largest absolute Gasteiger partial charge is 0.493 e. The van der Waals surface area contributed by atoms with Gasteiger partial charge < -0.3 is 14.4 Å². The van der Waals surface area contributed by atoms with Crippen molar-refractivity contribution in [3.05, 3.63) is 95.4 Å². The Morgan fingerprint density at radius 1 is 0.848 bits per heavy atom. The number of imide groups is 1. The maximum atomic E-state index is 13.6. The van der Waals surface area contributed by atoms with Crippen LogP contribution in [0, 0.1) is 0 Å². The molecule has 3 aromatic rings. The van der Waals surface area contributed by atoms with E-state index >= 15 is 0 Å². The van der Waals surface area contributed by atoms with Gasteiger partial charge in [-0.25, -0.2) is 0 Å². The van der Waals surface area contributed by atoms with E-state index in [1.165, 1.54) is 12.0 Å². The van der Waals surface area contributed by atoms with Gasteiger partial charge in [-0.3, -0.25) is 19.5 Å². The number of rotatable bonds is 8. The highest BCUT2D eigenvalue weighted by atomic mass is 16.5. The third-order valence-electron chi connectivity index (χ3n) is 5.55. The minimum Gasteiger partial charge on any atom is -0.493 e. The first-order valence-corrected chi connectivity index (χ1v) is 10.5. The maximum absolute atomic E-state index is 13.6. The highest BCUT2D eigenvalue weighted by Gasteiger charge is 2.41. The van der Waals surface area contributed by atoms with Crippen molar-refractivity contribution in [3.63, 3.8) is 0 Å². The van der Waals surface area contributed by atoms with E-state index in [9.17, 15) is 9.59 Å². The van der Waals surface area contributed by atoms with E-state index in [4.69, 9.17) is 9.47 Å². The summed E-state index contributed by atoms with van der Waals surface area (Å²) in [4.78, 5) is 34.2. The van der Waals surface area contributed by atoms with Crippen LogP contribution in [-0.2, 0) is 22.7 Å². The van der Waals surface area contributed by atoms with E-state index in [1.54, 1.807) is 49.8 Å². The number of ether oxygens (including phenoxy) is 2. The van der Waals surface area contributed by atoms with Gasteiger partial charge in [-0.05, 0) is 41.0 Å². The smallest absolute Gasteiger partial charge is 0.278 e. The lowest BCUT2D eigenvalue weighted by atomic mass is 10.0. The monoisotopic (exact) mass is 443 g/mol. The summed E-state index contributed by atoms with van der Waals surface area (Å²) in [6, 6.07) is 18.6. The molecule has 0 saturated heterocycles. The van der Waals surface area contributed by atoms with Crippen molar-refractivity contribution in [1.82, 2.24) is 14.8 Å². The number of carbonyl (C=O) groups is 2. The SMILES string of the molecule is COc1ccc(C2=C(N(C)Cc3ccccc3)C(=O)N(Cc3ccncc3)C2=O)cc1OC. The van der Waals surface area contributed by atoms with Gasteiger partial charge in [0.2, 0.25) is 0 Å². The highest BCUT2D eigenvalue weighted by molar-refractivity contribution is 6.35. The van der Waals surface area contributed by atoms with Gasteiger partial charge in [0.1, 0.15) is 5.70 Å². The summed E-state index contributed by atoms with van der Waals surface area (Å²) in [7, 11) is 4.91. The van der Waals surface area contributed by atoms with Crippen molar-refractivity contribution >= 4 is 17.4 Å². The van der Waals surface area contributed by atoms with E-state index < -0.39 is 0 Å². The Labute approximate surface area is 192 Å². The number of hydrogen-bond donors (Lipinski definition) is 0. The molecule has 2 aromatic carbocycles. The molecule has 0 spiro atoms. The third-order valence-corrected chi connectivity index (χ3v) is 5.55. The molecule has 0 unspecified atom stereocenters. The number of aromatic nitrogens is 1. The minimum absolute atomic E-state index is 0.166.